The molecule has 5 rings (SSSR count). The molecular weight excluding hydrogens is 424 g/mol. The van der Waals surface area contributed by atoms with Crippen molar-refractivity contribution >= 4 is 5.71 Å². The fraction of sp³-hybridized carbons (Fsp3) is 0.345. The lowest BCUT2D eigenvalue weighted by molar-refractivity contribution is -0.0190. The molecule has 3 aromatic rings. The van der Waals surface area contributed by atoms with Crippen LogP contribution in [0.2, 0.25) is 0 Å². The van der Waals surface area contributed by atoms with Crippen LogP contribution in [-0.4, -0.2) is 23.9 Å². The second-order valence-corrected chi connectivity index (χ2v) is 8.80. The lowest BCUT2D eigenvalue weighted by atomic mass is 9.96. The van der Waals surface area contributed by atoms with Crippen LogP contribution in [0.15, 0.2) is 77.9 Å². The maximum absolute atomic E-state index is 6.47. The molecule has 5 heteroatoms. The summed E-state index contributed by atoms with van der Waals surface area (Å²) >= 11 is 0. The van der Waals surface area contributed by atoms with E-state index in [4.69, 9.17) is 19.3 Å². The van der Waals surface area contributed by atoms with E-state index in [0.29, 0.717) is 0 Å². The number of ether oxygens (including phenoxy) is 3. The van der Waals surface area contributed by atoms with E-state index >= 15 is 0 Å². The summed E-state index contributed by atoms with van der Waals surface area (Å²) in [4.78, 5) is 0. The molecule has 0 radical (unpaired) electrons. The maximum atomic E-state index is 6.47. The van der Waals surface area contributed by atoms with Gasteiger partial charge in [-0.15, -0.1) is 0 Å². The first kappa shape index (κ1) is 22.3. The van der Waals surface area contributed by atoms with E-state index in [1.54, 1.807) is 0 Å². The molecule has 5 nitrogen and oxygen atoms in total. The molecule has 2 atom stereocenters. The molecule has 0 saturated heterocycles. The number of para-hydroxylation sites is 1. The average Bonchev–Trinajstić information content (AvgIpc) is 3.34. The first-order valence-corrected chi connectivity index (χ1v) is 12.3. The lowest BCUT2D eigenvalue weighted by Gasteiger charge is -2.38. The summed E-state index contributed by atoms with van der Waals surface area (Å²) in [5.74, 6) is 2.71. The molecule has 0 bridgehead atoms. The summed E-state index contributed by atoms with van der Waals surface area (Å²) in [7, 11) is 0. The summed E-state index contributed by atoms with van der Waals surface area (Å²) in [6, 6.07) is 24.9. The van der Waals surface area contributed by atoms with Gasteiger partial charge in [0.2, 0.25) is 6.23 Å². The molecule has 2 heterocycles. The SMILES string of the molecule is CCCCOc1ccc(C2=NN3[C@@H](c4ccc(OCCC)cc4)Oc4ccccc4[C@@H]3C2)cc1. The molecule has 0 fully saturated rings. The van der Waals surface area contributed by atoms with Gasteiger partial charge >= 0.3 is 0 Å². The van der Waals surface area contributed by atoms with E-state index in [2.05, 4.69) is 61.3 Å². The largest absolute Gasteiger partial charge is 0.494 e. The van der Waals surface area contributed by atoms with Gasteiger partial charge in [-0.1, -0.05) is 38.5 Å². The number of unbranched alkanes of at least 4 members (excludes halogenated alkanes) is 1. The second kappa shape index (κ2) is 10.2. The number of rotatable bonds is 9. The highest BCUT2D eigenvalue weighted by Gasteiger charge is 2.40. The van der Waals surface area contributed by atoms with Gasteiger partial charge in [0.25, 0.3) is 0 Å². The van der Waals surface area contributed by atoms with Crippen molar-refractivity contribution in [2.24, 2.45) is 5.10 Å². The quantitative estimate of drug-likeness (QED) is 0.329. The van der Waals surface area contributed by atoms with Crippen molar-refractivity contribution in [3.63, 3.8) is 0 Å². The maximum Gasteiger partial charge on any atom is 0.213 e. The van der Waals surface area contributed by atoms with E-state index in [0.717, 1.165) is 73.0 Å². The Morgan fingerprint density at radius 1 is 0.853 bits per heavy atom. The van der Waals surface area contributed by atoms with Crippen LogP contribution in [0.1, 0.15) is 68.5 Å². The monoisotopic (exact) mass is 456 g/mol. The third-order valence-electron chi connectivity index (χ3n) is 6.29. The highest BCUT2D eigenvalue weighted by Crippen LogP contribution is 2.47. The third kappa shape index (κ3) is 4.60. The first-order valence-electron chi connectivity index (χ1n) is 12.3. The second-order valence-electron chi connectivity index (χ2n) is 8.80. The van der Waals surface area contributed by atoms with Crippen LogP contribution < -0.4 is 14.2 Å². The molecule has 0 spiro atoms. The van der Waals surface area contributed by atoms with Crippen molar-refractivity contribution in [1.29, 1.82) is 0 Å². The molecule has 2 aliphatic rings. The summed E-state index contributed by atoms with van der Waals surface area (Å²) in [5, 5.41) is 7.18. The minimum atomic E-state index is -0.283. The van der Waals surface area contributed by atoms with Crippen molar-refractivity contribution in [3.05, 3.63) is 89.5 Å². The van der Waals surface area contributed by atoms with Gasteiger partial charge in [-0.3, -0.25) is 0 Å². The van der Waals surface area contributed by atoms with E-state index in [-0.39, 0.29) is 12.3 Å². The topological polar surface area (TPSA) is 43.3 Å². The van der Waals surface area contributed by atoms with Crippen molar-refractivity contribution in [2.45, 2.75) is 51.8 Å². The van der Waals surface area contributed by atoms with Crippen molar-refractivity contribution in [1.82, 2.24) is 5.01 Å². The summed E-state index contributed by atoms with van der Waals surface area (Å²) in [6.45, 7) is 5.75. The first-order chi connectivity index (χ1) is 16.8. The zero-order valence-corrected chi connectivity index (χ0v) is 19.9. The van der Waals surface area contributed by atoms with Crippen LogP contribution in [0, 0.1) is 0 Å². The molecule has 0 unspecified atom stereocenters. The smallest absolute Gasteiger partial charge is 0.213 e. The molecule has 0 amide bonds. The van der Waals surface area contributed by atoms with Crippen LogP contribution in [-0.2, 0) is 0 Å². The Morgan fingerprint density at radius 3 is 2.29 bits per heavy atom. The standard InChI is InChI=1S/C29H32N2O3/c1-3-5-19-33-24-14-10-21(11-15-24)26-20-27-25-8-6-7-9-28(25)34-29(31(27)30-26)22-12-16-23(17-13-22)32-18-4-2/h6-17,27,29H,3-5,18-20H2,1-2H3/t27-,29+/m0/s1. The predicted molar refractivity (Wildman–Crippen MR) is 135 cm³/mol. The number of hydrogen-bond acceptors (Lipinski definition) is 5. The number of nitrogens with zero attached hydrogens (tertiary/aromatic N) is 2. The lowest BCUT2D eigenvalue weighted by Crippen LogP contribution is -2.33. The van der Waals surface area contributed by atoms with Gasteiger partial charge in [0.1, 0.15) is 17.2 Å². The Balaban J connectivity index is 1.41. The summed E-state index contributed by atoms with van der Waals surface area (Å²) in [5.41, 5.74) is 4.43. The molecular formula is C29H32N2O3. The van der Waals surface area contributed by atoms with E-state index in [1.165, 1.54) is 5.56 Å². The van der Waals surface area contributed by atoms with Gasteiger partial charge in [-0.2, -0.15) is 5.10 Å². The zero-order valence-electron chi connectivity index (χ0n) is 19.9. The van der Waals surface area contributed by atoms with Crippen LogP contribution in [0.5, 0.6) is 17.2 Å². The van der Waals surface area contributed by atoms with E-state index in [1.807, 2.05) is 30.3 Å². The Kier molecular flexibility index (Phi) is 6.70. The van der Waals surface area contributed by atoms with Crippen molar-refractivity contribution in [3.8, 4) is 17.2 Å². The molecule has 34 heavy (non-hydrogen) atoms. The number of hydrogen-bond donors (Lipinski definition) is 0. The van der Waals surface area contributed by atoms with Crippen LogP contribution in [0.25, 0.3) is 0 Å². The molecule has 0 aromatic heterocycles. The van der Waals surface area contributed by atoms with Gasteiger partial charge < -0.3 is 14.2 Å². The van der Waals surface area contributed by atoms with Gasteiger partial charge in [0.05, 0.1) is 25.0 Å². The molecule has 176 valence electrons. The summed E-state index contributed by atoms with van der Waals surface area (Å²) < 4.78 is 18.1. The Bertz CT molecular complexity index is 1120. The van der Waals surface area contributed by atoms with E-state index in [9.17, 15) is 0 Å². The van der Waals surface area contributed by atoms with Gasteiger partial charge in [0, 0.05) is 17.5 Å². The molecule has 0 aliphatic carbocycles. The van der Waals surface area contributed by atoms with Crippen molar-refractivity contribution < 1.29 is 14.2 Å². The number of benzene rings is 3. The minimum Gasteiger partial charge on any atom is -0.494 e. The Morgan fingerprint density at radius 2 is 1.56 bits per heavy atom. The molecule has 0 saturated carbocycles. The highest BCUT2D eigenvalue weighted by atomic mass is 16.5. The van der Waals surface area contributed by atoms with Crippen LogP contribution >= 0.6 is 0 Å². The molecule has 0 N–H and O–H groups in total. The van der Waals surface area contributed by atoms with Gasteiger partial charge in [-0.05, 0) is 73.0 Å². The summed E-state index contributed by atoms with van der Waals surface area (Å²) in [6.07, 6.45) is 3.74. The fourth-order valence-electron chi connectivity index (χ4n) is 4.46. The van der Waals surface area contributed by atoms with Gasteiger partial charge in [-0.25, -0.2) is 5.01 Å². The number of hydrazone groups is 1. The third-order valence-corrected chi connectivity index (χ3v) is 6.29. The Hall–Kier alpha value is -3.47. The Labute approximate surface area is 202 Å². The zero-order chi connectivity index (χ0) is 23.3. The van der Waals surface area contributed by atoms with E-state index < -0.39 is 0 Å². The predicted octanol–water partition coefficient (Wildman–Crippen LogP) is 6.90. The van der Waals surface area contributed by atoms with Crippen LogP contribution in [0.4, 0.5) is 0 Å². The average molecular weight is 457 g/mol. The van der Waals surface area contributed by atoms with Gasteiger partial charge in [0.15, 0.2) is 0 Å². The molecule has 2 aliphatic heterocycles. The highest BCUT2D eigenvalue weighted by molar-refractivity contribution is 6.02. The minimum absolute atomic E-state index is 0.140. The fourth-order valence-corrected chi connectivity index (χ4v) is 4.46. The van der Waals surface area contributed by atoms with Crippen molar-refractivity contribution in [2.75, 3.05) is 13.2 Å². The van der Waals surface area contributed by atoms with Crippen LogP contribution in [0.3, 0.4) is 0 Å². The number of fused-ring (bicyclic) bond motifs is 3. The normalized spacial score (nSPS) is 18.5. The molecule has 3 aromatic carbocycles.